The number of aliphatic carboxylic acids is 1. The second-order valence-electron chi connectivity index (χ2n) is 9.01. The van der Waals surface area contributed by atoms with Gasteiger partial charge in [0, 0.05) is 23.0 Å². The van der Waals surface area contributed by atoms with Crippen LogP contribution in [0.5, 0.6) is 11.5 Å². The largest absolute Gasteiger partial charge is 0.496 e. The number of hydrogen-bond donors (Lipinski definition) is 3. The molecule has 0 fully saturated rings. The Kier molecular flexibility index (Phi) is 9.54. The molecule has 37 heavy (non-hydrogen) atoms. The summed E-state index contributed by atoms with van der Waals surface area (Å²) < 4.78 is 12.5. The van der Waals surface area contributed by atoms with Crippen molar-refractivity contribution in [1.29, 1.82) is 0 Å². The van der Waals surface area contributed by atoms with Gasteiger partial charge in [-0.2, -0.15) is 0 Å². The summed E-state index contributed by atoms with van der Waals surface area (Å²) in [7, 11) is 3.30. The number of aromatic nitrogens is 1. The fourth-order valence-electron chi connectivity index (χ4n) is 4.37. The number of nitrogens with zero attached hydrogens (tertiary/aromatic N) is 1. The number of ether oxygens (including phenoxy) is 2. The van der Waals surface area contributed by atoms with Crippen molar-refractivity contribution in [3.8, 4) is 11.5 Å². The lowest BCUT2D eigenvalue weighted by molar-refractivity contribution is -0.137. The number of para-hydroxylation sites is 1. The Labute approximate surface area is 216 Å². The number of carboxylic acids is 1. The average molecular weight is 510 g/mol. The minimum Gasteiger partial charge on any atom is -0.496 e. The molecule has 0 saturated heterocycles. The van der Waals surface area contributed by atoms with Gasteiger partial charge >= 0.3 is 5.97 Å². The molecule has 0 bridgehead atoms. The van der Waals surface area contributed by atoms with Crippen molar-refractivity contribution < 1.29 is 29.0 Å². The molecule has 1 aromatic heterocycles. The third kappa shape index (κ3) is 7.03. The molecule has 3 rings (SSSR count). The van der Waals surface area contributed by atoms with Crippen molar-refractivity contribution in [3.05, 3.63) is 59.3 Å². The van der Waals surface area contributed by atoms with Gasteiger partial charge in [-0.25, -0.2) is 0 Å². The first-order chi connectivity index (χ1) is 17.7. The first-order valence-corrected chi connectivity index (χ1v) is 12.3. The second-order valence-corrected chi connectivity index (χ2v) is 9.01. The number of carboxylic acid groups (broad SMARTS) is 1. The maximum Gasteiger partial charge on any atom is 0.323 e. The average Bonchev–Trinajstić information content (AvgIpc) is 3.23. The van der Waals surface area contributed by atoms with Crippen LogP contribution in [0.15, 0.2) is 42.5 Å². The van der Waals surface area contributed by atoms with Crippen molar-refractivity contribution in [1.82, 2.24) is 15.2 Å². The summed E-state index contributed by atoms with van der Waals surface area (Å²) in [5.41, 5.74) is 2.96. The van der Waals surface area contributed by atoms with Crippen LogP contribution in [0.1, 0.15) is 47.8 Å². The zero-order chi connectivity index (χ0) is 26.9. The second kappa shape index (κ2) is 12.8. The van der Waals surface area contributed by atoms with E-state index in [1.165, 1.54) is 4.57 Å². The Balaban J connectivity index is 1.48. The van der Waals surface area contributed by atoms with E-state index >= 15 is 0 Å². The highest BCUT2D eigenvalue weighted by atomic mass is 16.5. The molecular weight excluding hydrogens is 474 g/mol. The highest BCUT2D eigenvalue weighted by Crippen LogP contribution is 2.31. The Morgan fingerprint density at radius 3 is 2.32 bits per heavy atom. The molecule has 3 N–H and O–H groups in total. The monoisotopic (exact) mass is 509 g/mol. The Hall–Kier alpha value is -4.01. The third-order valence-electron chi connectivity index (χ3n) is 6.23. The van der Waals surface area contributed by atoms with Gasteiger partial charge in [-0.1, -0.05) is 24.6 Å². The number of benzene rings is 2. The lowest BCUT2D eigenvalue weighted by atomic mass is 10.0. The number of carbonyl (C=O) groups excluding carboxylic acids is 2. The first kappa shape index (κ1) is 27.6. The van der Waals surface area contributed by atoms with Crippen LogP contribution in [0.4, 0.5) is 0 Å². The topological polar surface area (TPSA) is 119 Å². The van der Waals surface area contributed by atoms with E-state index in [0.29, 0.717) is 12.1 Å². The van der Waals surface area contributed by atoms with Crippen LogP contribution in [0, 0.1) is 6.92 Å². The maximum absolute atomic E-state index is 12.9. The summed E-state index contributed by atoms with van der Waals surface area (Å²) in [5, 5.41) is 15.6. The maximum atomic E-state index is 12.9. The standard InChI is InChI=1S/C28H35N3O6/c1-18-14-24(36-3)21(25(15-18)37-4)11-6-5-9-13-29-27(34)19(2)30-28(35)23-16-20-10-7-8-12-22(20)31(23)17-26(32)33/h7-8,10,12,14-16,19H,5-6,9,11,13,17H2,1-4H3,(H,29,34)(H,30,35)(H,32,33)/t19-/m1/s1. The predicted octanol–water partition coefficient (Wildman–Crippen LogP) is 3.70. The molecule has 2 amide bonds. The molecule has 0 spiro atoms. The number of nitrogens with one attached hydrogen (secondary N) is 2. The Morgan fingerprint density at radius 2 is 1.68 bits per heavy atom. The van der Waals surface area contributed by atoms with Gasteiger partial charge in [0.05, 0.1) is 14.2 Å². The van der Waals surface area contributed by atoms with Crippen molar-refractivity contribution in [2.75, 3.05) is 20.8 Å². The third-order valence-corrected chi connectivity index (χ3v) is 6.23. The normalized spacial score (nSPS) is 11.7. The fraction of sp³-hybridized carbons (Fsp3) is 0.393. The number of amides is 2. The van der Waals surface area contributed by atoms with Crippen LogP contribution in [0.3, 0.4) is 0 Å². The number of rotatable bonds is 13. The number of hydrogen-bond acceptors (Lipinski definition) is 5. The minimum absolute atomic E-state index is 0.199. The minimum atomic E-state index is -1.06. The highest BCUT2D eigenvalue weighted by molar-refractivity contribution is 6.01. The van der Waals surface area contributed by atoms with E-state index in [-0.39, 0.29) is 18.1 Å². The van der Waals surface area contributed by atoms with Crippen LogP contribution in [-0.2, 0) is 22.6 Å². The molecule has 0 saturated carbocycles. The lowest BCUT2D eigenvalue weighted by Gasteiger charge is -2.16. The van der Waals surface area contributed by atoms with Gasteiger partial charge in [0.1, 0.15) is 29.8 Å². The predicted molar refractivity (Wildman–Crippen MR) is 141 cm³/mol. The van der Waals surface area contributed by atoms with Crippen molar-refractivity contribution >= 4 is 28.7 Å². The van der Waals surface area contributed by atoms with E-state index < -0.39 is 17.9 Å². The molecule has 0 aliphatic heterocycles. The SMILES string of the molecule is COc1cc(C)cc(OC)c1CCCCCNC(=O)[C@@H](C)NC(=O)c1cc2ccccc2n1CC(=O)O. The number of unbranched alkanes of at least 4 members (excludes halogenated alkanes) is 2. The van der Waals surface area contributed by atoms with Crippen molar-refractivity contribution in [2.24, 2.45) is 0 Å². The van der Waals surface area contributed by atoms with Gasteiger partial charge in [0.25, 0.3) is 5.91 Å². The van der Waals surface area contributed by atoms with Gasteiger partial charge in [0.15, 0.2) is 0 Å². The van der Waals surface area contributed by atoms with Gasteiger partial charge < -0.3 is 29.8 Å². The molecule has 2 aromatic carbocycles. The number of aryl methyl sites for hydroxylation is 1. The highest BCUT2D eigenvalue weighted by Gasteiger charge is 2.21. The molecule has 1 heterocycles. The van der Waals surface area contributed by atoms with Gasteiger partial charge in [-0.05, 0) is 62.9 Å². The summed E-state index contributed by atoms with van der Waals surface area (Å²) in [6.07, 6.45) is 3.40. The summed E-state index contributed by atoms with van der Waals surface area (Å²) in [6, 6.07) is 12.0. The molecule has 198 valence electrons. The molecule has 3 aromatic rings. The van der Waals surface area contributed by atoms with E-state index in [0.717, 1.165) is 53.7 Å². The van der Waals surface area contributed by atoms with Gasteiger partial charge in [-0.15, -0.1) is 0 Å². The summed E-state index contributed by atoms with van der Waals surface area (Å²) in [6.45, 7) is 3.74. The summed E-state index contributed by atoms with van der Waals surface area (Å²) in [5.74, 6) is -0.216. The van der Waals surface area contributed by atoms with Crippen LogP contribution in [0.2, 0.25) is 0 Å². The molecule has 0 radical (unpaired) electrons. The van der Waals surface area contributed by atoms with E-state index in [4.69, 9.17) is 9.47 Å². The lowest BCUT2D eigenvalue weighted by Crippen LogP contribution is -2.45. The number of methoxy groups -OCH3 is 2. The quantitative estimate of drug-likeness (QED) is 0.302. The number of carbonyl (C=O) groups is 3. The zero-order valence-electron chi connectivity index (χ0n) is 21.8. The summed E-state index contributed by atoms with van der Waals surface area (Å²) >= 11 is 0. The molecule has 9 nitrogen and oxygen atoms in total. The smallest absolute Gasteiger partial charge is 0.323 e. The van der Waals surface area contributed by atoms with Crippen LogP contribution in [-0.4, -0.2) is 54.3 Å². The van der Waals surface area contributed by atoms with E-state index in [9.17, 15) is 19.5 Å². The van der Waals surface area contributed by atoms with Crippen LogP contribution < -0.4 is 20.1 Å². The first-order valence-electron chi connectivity index (χ1n) is 12.3. The molecule has 0 aliphatic rings. The number of fused-ring (bicyclic) bond motifs is 1. The molecule has 0 unspecified atom stereocenters. The van der Waals surface area contributed by atoms with Gasteiger partial charge in [-0.3, -0.25) is 14.4 Å². The van der Waals surface area contributed by atoms with Crippen molar-refractivity contribution in [3.63, 3.8) is 0 Å². The van der Waals surface area contributed by atoms with E-state index in [1.54, 1.807) is 39.3 Å². The molecule has 0 aliphatic carbocycles. The van der Waals surface area contributed by atoms with Crippen molar-refractivity contribution in [2.45, 2.75) is 52.1 Å². The fourth-order valence-corrected chi connectivity index (χ4v) is 4.37. The van der Waals surface area contributed by atoms with Gasteiger partial charge in [0.2, 0.25) is 5.91 Å². The van der Waals surface area contributed by atoms with Crippen LogP contribution >= 0.6 is 0 Å². The molecular formula is C28H35N3O6. The summed E-state index contributed by atoms with van der Waals surface area (Å²) in [4.78, 5) is 36.8. The van der Waals surface area contributed by atoms with Crippen LogP contribution in [0.25, 0.3) is 10.9 Å². The molecule has 1 atom stereocenters. The Morgan fingerprint density at radius 1 is 1.00 bits per heavy atom. The zero-order valence-corrected chi connectivity index (χ0v) is 21.8. The van der Waals surface area contributed by atoms with E-state index in [1.807, 2.05) is 31.2 Å². The molecule has 9 heteroatoms. The van der Waals surface area contributed by atoms with E-state index in [2.05, 4.69) is 10.6 Å². The Bertz CT molecular complexity index is 1240.